The Morgan fingerprint density at radius 1 is 1.08 bits per heavy atom. The maximum absolute atomic E-state index is 3.55. The van der Waals surface area contributed by atoms with Crippen LogP contribution in [0.25, 0.3) is 0 Å². The molecule has 0 saturated heterocycles. The fraction of sp³-hybridized carbons (Fsp3) is 1.00. The van der Waals surface area contributed by atoms with Gasteiger partial charge in [0.1, 0.15) is 0 Å². The van der Waals surface area contributed by atoms with Crippen molar-refractivity contribution in [3.8, 4) is 0 Å². The molecule has 0 radical (unpaired) electrons. The summed E-state index contributed by atoms with van der Waals surface area (Å²) in [6, 6.07) is 0. The molecule has 1 aliphatic carbocycles. The topological polar surface area (TPSA) is 24.1 Å². The predicted molar refractivity (Wildman–Crippen MR) is 58.0 cm³/mol. The number of nitrogens with one attached hydrogen (secondary N) is 2. The molecular formula is C11H24N2. The molecule has 1 rings (SSSR count). The second-order valence-corrected chi connectivity index (χ2v) is 4.24. The molecule has 0 amide bonds. The monoisotopic (exact) mass is 184 g/mol. The van der Waals surface area contributed by atoms with E-state index in [9.17, 15) is 0 Å². The first-order valence-electron chi connectivity index (χ1n) is 5.74. The molecule has 0 bridgehead atoms. The summed E-state index contributed by atoms with van der Waals surface area (Å²) >= 11 is 0. The van der Waals surface area contributed by atoms with Gasteiger partial charge in [-0.2, -0.15) is 0 Å². The van der Waals surface area contributed by atoms with E-state index < -0.39 is 0 Å². The van der Waals surface area contributed by atoms with E-state index in [4.69, 9.17) is 0 Å². The van der Waals surface area contributed by atoms with Crippen molar-refractivity contribution in [1.29, 1.82) is 0 Å². The molecule has 0 heterocycles. The van der Waals surface area contributed by atoms with Crippen LogP contribution in [-0.4, -0.2) is 26.2 Å². The third-order valence-electron chi connectivity index (χ3n) is 3.39. The molecule has 13 heavy (non-hydrogen) atoms. The van der Waals surface area contributed by atoms with Crippen LogP contribution in [0.2, 0.25) is 0 Å². The lowest BCUT2D eigenvalue weighted by Crippen LogP contribution is -2.41. The Balaban J connectivity index is 1.98. The van der Waals surface area contributed by atoms with Crippen molar-refractivity contribution >= 4 is 0 Å². The van der Waals surface area contributed by atoms with Crippen molar-refractivity contribution in [2.45, 2.75) is 39.5 Å². The van der Waals surface area contributed by atoms with Gasteiger partial charge in [0.25, 0.3) is 0 Å². The zero-order valence-corrected chi connectivity index (χ0v) is 9.16. The Morgan fingerprint density at radius 3 is 2.23 bits per heavy atom. The molecule has 0 unspecified atom stereocenters. The minimum Gasteiger partial charge on any atom is -0.316 e. The Bertz CT molecular complexity index is 125. The van der Waals surface area contributed by atoms with Crippen LogP contribution in [0.15, 0.2) is 0 Å². The zero-order chi connectivity index (χ0) is 9.57. The predicted octanol–water partition coefficient (Wildman–Crippen LogP) is 1.77. The lowest BCUT2D eigenvalue weighted by Gasteiger charge is -2.41. The van der Waals surface area contributed by atoms with Crippen molar-refractivity contribution in [1.82, 2.24) is 10.6 Å². The summed E-state index contributed by atoms with van der Waals surface area (Å²) < 4.78 is 0. The van der Waals surface area contributed by atoms with Crippen LogP contribution in [0, 0.1) is 5.41 Å². The summed E-state index contributed by atoms with van der Waals surface area (Å²) in [7, 11) is 0. The number of likely N-dealkylation sites (N-methyl/N-ethyl adjacent to an activating group) is 1. The second-order valence-electron chi connectivity index (χ2n) is 4.24. The van der Waals surface area contributed by atoms with E-state index in [1.165, 1.54) is 32.2 Å². The van der Waals surface area contributed by atoms with Crippen molar-refractivity contribution in [3.05, 3.63) is 0 Å². The van der Waals surface area contributed by atoms with Gasteiger partial charge in [0.05, 0.1) is 0 Å². The van der Waals surface area contributed by atoms with Gasteiger partial charge >= 0.3 is 0 Å². The molecule has 1 aliphatic rings. The quantitative estimate of drug-likeness (QED) is 0.589. The maximum atomic E-state index is 3.55. The summed E-state index contributed by atoms with van der Waals surface area (Å²) in [4.78, 5) is 0. The van der Waals surface area contributed by atoms with E-state index in [0.29, 0.717) is 5.41 Å². The number of hydrogen-bond donors (Lipinski definition) is 2. The SMILES string of the molecule is CCNCCNCC1(CC)CCC1. The standard InChI is InChI=1S/C11H24N2/c1-3-11(6-5-7-11)10-13-9-8-12-4-2/h12-13H,3-10H2,1-2H3. The van der Waals surface area contributed by atoms with E-state index >= 15 is 0 Å². The fourth-order valence-electron chi connectivity index (χ4n) is 2.04. The second kappa shape index (κ2) is 5.61. The highest BCUT2D eigenvalue weighted by atomic mass is 14.9. The first-order valence-corrected chi connectivity index (χ1v) is 5.74. The Hall–Kier alpha value is -0.0800. The van der Waals surface area contributed by atoms with Crippen LogP contribution >= 0.6 is 0 Å². The lowest BCUT2D eigenvalue weighted by molar-refractivity contribution is 0.124. The minimum absolute atomic E-state index is 0.673. The highest BCUT2D eigenvalue weighted by Gasteiger charge is 2.34. The van der Waals surface area contributed by atoms with Gasteiger partial charge in [-0.1, -0.05) is 20.3 Å². The first kappa shape index (κ1) is 11.0. The van der Waals surface area contributed by atoms with E-state index in [1.807, 2.05) is 0 Å². The summed E-state index contributed by atoms with van der Waals surface area (Å²) in [5, 5.41) is 6.88. The van der Waals surface area contributed by atoms with Crippen LogP contribution in [0.5, 0.6) is 0 Å². The minimum atomic E-state index is 0.673. The molecule has 0 spiro atoms. The summed E-state index contributed by atoms with van der Waals surface area (Å²) in [5.74, 6) is 0. The van der Waals surface area contributed by atoms with Crippen LogP contribution in [0.4, 0.5) is 0 Å². The Labute approximate surface area is 82.5 Å². The summed E-state index contributed by atoms with van der Waals surface area (Å²) in [5.41, 5.74) is 0.673. The molecule has 1 saturated carbocycles. The molecule has 2 N–H and O–H groups in total. The van der Waals surface area contributed by atoms with Gasteiger partial charge in [0.15, 0.2) is 0 Å². The molecule has 2 nitrogen and oxygen atoms in total. The molecular weight excluding hydrogens is 160 g/mol. The van der Waals surface area contributed by atoms with E-state index in [1.54, 1.807) is 0 Å². The Kier molecular flexibility index (Phi) is 4.74. The molecule has 0 aromatic carbocycles. The van der Waals surface area contributed by atoms with Crippen LogP contribution < -0.4 is 10.6 Å². The normalized spacial score (nSPS) is 19.8. The highest BCUT2D eigenvalue weighted by Crippen LogP contribution is 2.42. The van der Waals surface area contributed by atoms with Gasteiger partial charge in [0.2, 0.25) is 0 Å². The molecule has 0 atom stereocenters. The largest absolute Gasteiger partial charge is 0.316 e. The van der Waals surface area contributed by atoms with Gasteiger partial charge in [-0.3, -0.25) is 0 Å². The number of hydrogen-bond acceptors (Lipinski definition) is 2. The third-order valence-corrected chi connectivity index (χ3v) is 3.39. The Morgan fingerprint density at radius 2 is 1.77 bits per heavy atom. The molecule has 78 valence electrons. The number of rotatable bonds is 7. The molecule has 1 fully saturated rings. The summed E-state index contributed by atoms with van der Waals surface area (Å²) in [6.45, 7) is 9.02. The first-order chi connectivity index (χ1) is 6.33. The van der Waals surface area contributed by atoms with E-state index in [-0.39, 0.29) is 0 Å². The van der Waals surface area contributed by atoms with Gasteiger partial charge in [-0.05, 0) is 31.2 Å². The average Bonchev–Trinajstić information content (AvgIpc) is 2.09. The zero-order valence-electron chi connectivity index (χ0n) is 9.16. The van der Waals surface area contributed by atoms with Crippen LogP contribution in [-0.2, 0) is 0 Å². The maximum Gasteiger partial charge on any atom is 0.00769 e. The van der Waals surface area contributed by atoms with Gasteiger partial charge in [-0.15, -0.1) is 0 Å². The van der Waals surface area contributed by atoms with Gasteiger partial charge in [-0.25, -0.2) is 0 Å². The van der Waals surface area contributed by atoms with Crippen LogP contribution in [0.1, 0.15) is 39.5 Å². The highest BCUT2D eigenvalue weighted by molar-refractivity contribution is 4.88. The molecule has 0 aromatic heterocycles. The van der Waals surface area contributed by atoms with Gasteiger partial charge < -0.3 is 10.6 Å². The third kappa shape index (κ3) is 3.28. The smallest absolute Gasteiger partial charge is 0.00769 e. The van der Waals surface area contributed by atoms with Crippen LogP contribution in [0.3, 0.4) is 0 Å². The van der Waals surface area contributed by atoms with Crippen molar-refractivity contribution in [2.24, 2.45) is 5.41 Å². The molecule has 0 aliphatic heterocycles. The van der Waals surface area contributed by atoms with Crippen molar-refractivity contribution < 1.29 is 0 Å². The average molecular weight is 184 g/mol. The molecule has 2 heteroatoms. The summed E-state index contributed by atoms with van der Waals surface area (Å²) in [6.07, 6.45) is 5.68. The van der Waals surface area contributed by atoms with E-state index in [0.717, 1.165) is 19.6 Å². The van der Waals surface area contributed by atoms with Crippen molar-refractivity contribution in [3.63, 3.8) is 0 Å². The van der Waals surface area contributed by atoms with E-state index in [2.05, 4.69) is 24.5 Å². The fourth-order valence-corrected chi connectivity index (χ4v) is 2.04. The van der Waals surface area contributed by atoms with Gasteiger partial charge in [0, 0.05) is 19.6 Å². The molecule has 0 aromatic rings. The van der Waals surface area contributed by atoms with Crippen molar-refractivity contribution in [2.75, 3.05) is 26.2 Å². The lowest BCUT2D eigenvalue weighted by atomic mass is 9.67.